The molecule has 0 aromatic heterocycles. The average Bonchev–Trinajstić information content (AvgIpc) is 3.33. The molecule has 1 spiro atoms. The Hall–Kier alpha value is -0.900. The minimum atomic E-state index is -3.70. The maximum atomic E-state index is 13.2. The van der Waals surface area contributed by atoms with Crippen LogP contribution in [0.15, 0.2) is 23.1 Å². The van der Waals surface area contributed by atoms with Crippen molar-refractivity contribution in [3.05, 3.63) is 28.2 Å². The minimum Gasteiger partial charge on any atom is -0.376 e. The largest absolute Gasteiger partial charge is 0.376 e. The van der Waals surface area contributed by atoms with Crippen LogP contribution in [0.4, 0.5) is 0 Å². The van der Waals surface area contributed by atoms with Gasteiger partial charge >= 0.3 is 0 Å². The molecule has 1 amide bonds. The van der Waals surface area contributed by atoms with Gasteiger partial charge in [-0.05, 0) is 49.8 Å². The van der Waals surface area contributed by atoms with E-state index in [-0.39, 0.29) is 33.9 Å². The van der Waals surface area contributed by atoms with Crippen molar-refractivity contribution in [2.24, 2.45) is 5.92 Å². The van der Waals surface area contributed by atoms with E-state index >= 15 is 0 Å². The van der Waals surface area contributed by atoms with Crippen molar-refractivity contribution in [3.8, 4) is 0 Å². The molecule has 7 nitrogen and oxygen atoms in total. The van der Waals surface area contributed by atoms with Gasteiger partial charge in [0.25, 0.3) is 0 Å². The molecule has 3 saturated heterocycles. The molecule has 0 bridgehead atoms. The molecule has 0 radical (unpaired) electrons. The van der Waals surface area contributed by atoms with Crippen LogP contribution in [-0.2, 0) is 19.6 Å². The van der Waals surface area contributed by atoms with Crippen LogP contribution in [0.3, 0.4) is 0 Å². The van der Waals surface area contributed by atoms with Gasteiger partial charge in [-0.3, -0.25) is 10.1 Å². The second-order valence-corrected chi connectivity index (χ2v) is 11.7. The second kappa shape index (κ2) is 8.80. The zero-order valence-electron chi connectivity index (χ0n) is 17.8. The van der Waals surface area contributed by atoms with E-state index in [2.05, 4.69) is 5.32 Å². The molecule has 4 rings (SSSR count). The Morgan fingerprint density at radius 2 is 1.94 bits per heavy atom. The third-order valence-electron chi connectivity index (χ3n) is 6.63. The SMILES string of the molecule is CC(C)C1NC2(CCN(S(=O)(=O)c3ccc(Cl)c(Cl)c3)CC2)N(CC2CCCO2)C1=O. The maximum Gasteiger partial charge on any atom is 0.243 e. The highest BCUT2D eigenvalue weighted by Crippen LogP contribution is 2.37. The molecule has 0 aliphatic carbocycles. The molecular formula is C21H29Cl2N3O4S. The fraction of sp³-hybridized carbons (Fsp3) is 0.667. The summed E-state index contributed by atoms with van der Waals surface area (Å²) in [7, 11) is -3.70. The van der Waals surface area contributed by atoms with Gasteiger partial charge in [0.15, 0.2) is 0 Å². The number of piperidine rings is 1. The van der Waals surface area contributed by atoms with Gasteiger partial charge in [0.2, 0.25) is 15.9 Å². The van der Waals surface area contributed by atoms with Gasteiger partial charge in [-0.15, -0.1) is 0 Å². The van der Waals surface area contributed by atoms with Gasteiger partial charge in [-0.25, -0.2) is 8.42 Å². The maximum absolute atomic E-state index is 13.2. The Labute approximate surface area is 194 Å². The van der Waals surface area contributed by atoms with Crippen LogP contribution in [0.5, 0.6) is 0 Å². The summed E-state index contributed by atoms with van der Waals surface area (Å²) in [6.45, 7) is 5.97. The molecule has 3 heterocycles. The highest BCUT2D eigenvalue weighted by Gasteiger charge is 2.53. The molecule has 31 heavy (non-hydrogen) atoms. The first kappa shape index (κ1) is 23.3. The molecule has 3 aliphatic heterocycles. The van der Waals surface area contributed by atoms with Gasteiger partial charge in [0, 0.05) is 26.2 Å². The predicted octanol–water partition coefficient (Wildman–Crippen LogP) is 3.11. The Balaban J connectivity index is 1.53. The lowest BCUT2D eigenvalue weighted by atomic mass is 9.96. The van der Waals surface area contributed by atoms with Gasteiger partial charge in [0.05, 0.1) is 32.7 Å². The van der Waals surface area contributed by atoms with Crippen molar-refractivity contribution in [3.63, 3.8) is 0 Å². The topological polar surface area (TPSA) is 79.0 Å². The molecule has 10 heteroatoms. The molecule has 172 valence electrons. The molecule has 2 atom stereocenters. The summed E-state index contributed by atoms with van der Waals surface area (Å²) in [6.07, 6.45) is 3.05. The lowest BCUT2D eigenvalue weighted by Gasteiger charge is -2.44. The Morgan fingerprint density at radius 3 is 2.52 bits per heavy atom. The number of carbonyl (C=O) groups is 1. The van der Waals surface area contributed by atoms with Crippen molar-refractivity contribution in [2.75, 3.05) is 26.2 Å². The van der Waals surface area contributed by atoms with Crippen molar-refractivity contribution < 1.29 is 17.9 Å². The average molecular weight is 490 g/mol. The number of amides is 1. The van der Waals surface area contributed by atoms with E-state index < -0.39 is 15.7 Å². The quantitative estimate of drug-likeness (QED) is 0.687. The van der Waals surface area contributed by atoms with E-state index in [1.54, 1.807) is 0 Å². The van der Waals surface area contributed by atoms with Crippen LogP contribution < -0.4 is 5.32 Å². The number of carbonyl (C=O) groups excluding carboxylic acids is 1. The number of hydrogen-bond donors (Lipinski definition) is 1. The standard InChI is InChI=1S/C21H29Cl2N3O4S/c1-14(2)19-20(27)26(13-15-4-3-11-30-15)21(24-19)7-9-25(10-8-21)31(28,29)16-5-6-17(22)18(23)12-16/h5-6,12,14-15,19,24H,3-4,7-11,13H2,1-2H3. The smallest absolute Gasteiger partial charge is 0.243 e. The zero-order chi connectivity index (χ0) is 22.4. The predicted molar refractivity (Wildman–Crippen MR) is 120 cm³/mol. The summed E-state index contributed by atoms with van der Waals surface area (Å²) in [6, 6.07) is 4.10. The van der Waals surface area contributed by atoms with E-state index in [9.17, 15) is 13.2 Å². The first-order chi connectivity index (χ1) is 14.6. The molecular weight excluding hydrogens is 461 g/mol. The monoisotopic (exact) mass is 489 g/mol. The van der Waals surface area contributed by atoms with E-state index in [1.165, 1.54) is 22.5 Å². The molecule has 1 N–H and O–H groups in total. The summed E-state index contributed by atoms with van der Waals surface area (Å²) in [5.74, 6) is 0.239. The van der Waals surface area contributed by atoms with Crippen LogP contribution in [0.25, 0.3) is 0 Å². The molecule has 0 saturated carbocycles. The number of rotatable bonds is 5. The summed E-state index contributed by atoms with van der Waals surface area (Å²) in [4.78, 5) is 15.3. The molecule has 1 aromatic carbocycles. The van der Waals surface area contributed by atoms with Crippen LogP contribution in [0.1, 0.15) is 39.5 Å². The summed E-state index contributed by atoms with van der Waals surface area (Å²) < 4.78 is 33.6. The van der Waals surface area contributed by atoms with E-state index in [0.717, 1.165) is 19.4 Å². The van der Waals surface area contributed by atoms with Gasteiger partial charge in [0.1, 0.15) is 0 Å². The first-order valence-electron chi connectivity index (χ1n) is 10.8. The number of nitrogens with zero attached hydrogens (tertiary/aromatic N) is 2. The number of halogens is 2. The number of hydrogen-bond acceptors (Lipinski definition) is 5. The number of benzene rings is 1. The van der Waals surface area contributed by atoms with E-state index in [0.29, 0.717) is 37.5 Å². The number of nitrogens with one attached hydrogen (secondary N) is 1. The zero-order valence-corrected chi connectivity index (χ0v) is 20.1. The molecule has 3 aliphatic rings. The third-order valence-corrected chi connectivity index (χ3v) is 9.26. The summed E-state index contributed by atoms with van der Waals surface area (Å²) in [5.41, 5.74) is -0.540. The highest BCUT2D eigenvalue weighted by atomic mass is 35.5. The first-order valence-corrected chi connectivity index (χ1v) is 13.0. The van der Waals surface area contributed by atoms with Crippen molar-refractivity contribution in [2.45, 2.75) is 62.2 Å². The fourth-order valence-electron chi connectivity index (χ4n) is 4.81. The molecule has 3 fully saturated rings. The summed E-state index contributed by atoms with van der Waals surface area (Å²) >= 11 is 12.0. The Kier molecular flexibility index (Phi) is 6.60. The Morgan fingerprint density at radius 1 is 1.23 bits per heavy atom. The second-order valence-electron chi connectivity index (χ2n) is 8.96. The van der Waals surface area contributed by atoms with Crippen molar-refractivity contribution in [1.29, 1.82) is 0 Å². The van der Waals surface area contributed by atoms with Crippen LogP contribution in [0, 0.1) is 5.92 Å². The van der Waals surface area contributed by atoms with Crippen molar-refractivity contribution in [1.82, 2.24) is 14.5 Å². The van der Waals surface area contributed by atoms with E-state index in [4.69, 9.17) is 27.9 Å². The number of ether oxygens (including phenoxy) is 1. The highest BCUT2D eigenvalue weighted by molar-refractivity contribution is 7.89. The van der Waals surface area contributed by atoms with E-state index in [1.807, 2.05) is 18.7 Å². The fourth-order valence-corrected chi connectivity index (χ4v) is 6.64. The normalized spacial score (nSPS) is 27.0. The van der Waals surface area contributed by atoms with Crippen LogP contribution in [0.2, 0.25) is 10.0 Å². The van der Waals surface area contributed by atoms with Crippen LogP contribution in [-0.4, -0.2) is 67.6 Å². The third kappa shape index (κ3) is 4.35. The van der Waals surface area contributed by atoms with Crippen LogP contribution >= 0.6 is 23.2 Å². The Bertz CT molecular complexity index is 942. The molecule has 1 aromatic rings. The summed E-state index contributed by atoms with van der Waals surface area (Å²) in [5, 5.41) is 4.09. The lowest BCUT2D eigenvalue weighted by Crippen LogP contribution is -2.60. The van der Waals surface area contributed by atoms with Gasteiger partial charge in [-0.1, -0.05) is 37.0 Å². The van der Waals surface area contributed by atoms with Gasteiger partial charge < -0.3 is 9.64 Å². The molecule has 2 unspecified atom stereocenters. The number of sulfonamides is 1. The van der Waals surface area contributed by atoms with Gasteiger partial charge in [-0.2, -0.15) is 4.31 Å². The lowest BCUT2D eigenvalue weighted by molar-refractivity contribution is -0.135. The van der Waals surface area contributed by atoms with Crippen molar-refractivity contribution >= 4 is 39.1 Å². The minimum absolute atomic E-state index is 0.0477.